The molecule has 0 unspecified atom stereocenters. The molecular formula is C14H17ClN2O3. The lowest BCUT2D eigenvalue weighted by atomic mass is 9.97. The number of pyridine rings is 1. The van der Waals surface area contributed by atoms with Gasteiger partial charge in [-0.05, 0) is 31.9 Å². The predicted octanol–water partition coefficient (Wildman–Crippen LogP) is 2.15. The fraction of sp³-hybridized carbons (Fsp3) is 0.500. The second-order valence-corrected chi connectivity index (χ2v) is 5.10. The van der Waals surface area contributed by atoms with Crippen molar-refractivity contribution in [1.82, 2.24) is 9.88 Å². The first kappa shape index (κ1) is 14.8. The summed E-state index contributed by atoms with van der Waals surface area (Å²) in [5.41, 5.74) is 0.495. The molecule has 1 aromatic heterocycles. The molecule has 0 aromatic carbocycles. The molecule has 20 heavy (non-hydrogen) atoms. The van der Waals surface area contributed by atoms with Gasteiger partial charge < -0.3 is 9.64 Å². The van der Waals surface area contributed by atoms with Crippen molar-refractivity contribution >= 4 is 23.5 Å². The maximum absolute atomic E-state index is 12.4. The Kier molecular flexibility index (Phi) is 4.95. The molecule has 1 fully saturated rings. The van der Waals surface area contributed by atoms with Crippen LogP contribution >= 0.6 is 11.6 Å². The van der Waals surface area contributed by atoms with Crippen molar-refractivity contribution in [2.24, 2.45) is 5.92 Å². The van der Waals surface area contributed by atoms with Gasteiger partial charge in [0.1, 0.15) is 5.15 Å². The quantitative estimate of drug-likeness (QED) is 0.633. The molecule has 6 heteroatoms. The minimum absolute atomic E-state index is 0.122. The molecule has 1 saturated heterocycles. The number of halogens is 1. The third-order valence-corrected chi connectivity index (χ3v) is 3.51. The summed E-state index contributed by atoms with van der Waals surface area (Å²) >= 11 is 5.79. The maximum atomic E-state index is 12.4. The van der Waals surface area contributed by atoms with E-state index in [4.69, 9.17) is 16.3 Å². The van der Waals surface area contributed by atoms with Gasteiger partial charge in [-0.15, -0.1) is 0 Å². The van der Waals surface area contributed by atoms with Crippen LogP contribution in [0.4, 0.5) is 0 Å². The number of nitrogens with zero attached hydrogens (tertiary/aromatic N) is 2. The fourth-order valence-electron chi connectivity index (χ4n) is 2.33. The Morgan fingerprint density at radius 3 is 3.05 bits per heavy atom. The third-order valence-electron chi connectivity index (χ3n) is 3.30. The number of amides is 1. The highest BCUT2D eigenvalue weighted by Crippen LogP contribution is 2.20. The van der Waals surface area contributed by atoms with Crippen LogP contribution in [0.25, 0.3) is 0 Å². The Bertz CT molecular complexity index is 507. The number of likely N-dealkylation sites (tertiary alicyclic amines) is 1. The highest BCUT2D eigenvalue weighted by Gasteiger charge is 2.29. The Hall–Kier alpha value is -1.62. The number of ether oxygens (including phenoxy) is 1. The molecule has 0 bridgehead atoms. The van der Waals surface area contributed by atoms with Gasteiger partial charge in [-0.1, -0.05) is 11.6 Å². The Labute approximate surface area is 122 Å². The van der Waals surface area contributed by atoms with Gasteiger partial charge in [0.05, 0.1) is 12.5 Å². The molecule has 2 rings (SSSR count). The van der Waals surface area contributed by atoms with Crippen molar-refractivity contribution in [2.45, 2.75) is 19.8 Å². The first-order valence-corrected chi connectivity index (χ1v) is 7.07. The van der Waals surface area contributed by atoms with Crippen molar-refractivity contribution in [3.05, 3.63) is 29.0 Å². The van der Waals surface area contributed by atoms with Gasteiger partial charge in [-0.25, -0.2) is 4.98 Å². The van der Waals surface area contributed by atoms with Gasteiger partial charge in [0, 0.05) is 24.8 Å². The number of hydrogen-bond acceptors (Lipinski definition) is 4. The van der Waals surface area contributed by atoms with Gasteiger partial charge in [0.15, 0.2) is 0 Å². The molecule has 2 heterocycles. The number of esters is 1. The molecule has 108 valence electrons. The summed E-state index contributed by atoms with van der Waals surface area (Å²) in [6.45, 7) is 3.19. The molecule has 0 N–H and O–H groups in total. The van der Waals surface area contributed by atoms with Gasteiger partial charge >= 0.3 is 5.97 Å². The summed E-state index contributed by atoms with van der Waals surface area (Å²) in [5, 5.41) is 0.287. The molecule has 1 aliphatic rings. The highest BCUT2D eigenvalue weighted by molar-refractivity contribution is 6.29. The highest BCUT2D eigenvalue weighted by atomic mass is 35.5. The van der Waals surface area contributed by atoms with E-state index in [1.54, 1.807) is 17.9 Å². The summed E-state index contributed by atoms with van der Waals surface area (Å²) in [7, 11) is 0. The summed E-state index contributed by atoms with van der Waals surface area (Å²) in [4.78, 5) is 29.7. The van der Waals surface area contributed by atoms with E-state index < -0.39 is 0 Å². The Morgan fingerprint density at radius 2 is 2.35 bits per heavy atom. The van der Waals surface area contributed by atoms with Crippen LogP contribution in [0.2, 0.25) is 5.15 Å². The lowest BCUT2D eigenvalue weighted by Gasteiger charge is -2.31. The minimum Gasteiger partial charge on any atom is -0.466 e. The number of piperidine rings is 1. The zero-order valence-electron chi connectivity index (χ0n) is 11.3. The normalized spacial score (nSPS) is 18.7. The maximum Gasteiger partial charge on any atom is 0.310 e. The molecule has 0 aliphatic carbocycles. The first-order chi connectivity index (χ1) is 9.61. The number of aromatic nitrogens is 1. The molecule has 1 aliphatic heterocycles. The van der Waals surface area contributed by atoms with Crippen molar-refractivity contribution in [3.8, 4) is 0 Å². The van der Waals surface area contributed by atoms with E-state index in [1.807, 2.05) is 0 Å². The molecule has 0 saturated carbocycles. The number of rotatable bonds is 3. The van der Waals surface area contributed by atoms with Crippen LogP contribution in [-0.2, 0) is 9.53 Å². The zero-order valence-corrected chi connectivity index (χ0v) is 12.1. The van der Waals surface area contributed by atoms with Crippen LogP contribution in [0, 0.1) is 5.92 Å². The fourth-order valence-corrected chi connectivity index (χ4v) is 2.51. The van der Waals surface area contributed by atoms with Gasteiger partial charge in [-0.3, -0.25) is 9.59 Å². The van der Waals surface area contributed by atoms with Crippen molar-refractivity contribution in [2.75, 3.05) is 19.7 Å². The molecule has 1 aromatic rings. The molecule has 1 amide bonds. The van der Waals surface area contributed by atoms with E-state index in [1.165, 1.54) is 12.3 Å². The van der Waals surface area contributed by atoms with Crippen molar-refractivity contribution in [1.29, 1.82) is 0 Å². The van der Waals surface area contributed by atoms with E-state index >= 15 is 0 Å². The monoisotopic (exact) mass is 296 g/mol. The van der Waals surface area contributed by atoms with Gasteiger partial charge in [-0.2, -0.15) is 0 Å². The topological polar surface area (TPSA) is 59.5 Å². The number of hydrogen-bond donors (Lipinski definition) is 0. The smallest absolute Gasteiger partial charge is 0.310 e. The van der Waals surface area contributed by atoms with Crippen LogP contribution in [0.15, 0.2) is 18.3 Å². The van der Waals surface area contributed by atoms with E-state index in [0.29, 0.717) is 25.3 Å². The first-order valence-electron chi connectivity index (χ1n) is 6.69. The van der Waals surface area contributed by atoms with Crippen LogP contribution in [0.5, 0.6) is 0 Å². The molecule has 0 spiro atoms. The Morgan fingerprint density at radius 1 is 1.55 bits per heavy atom. The summed E-state index contributed by atoms with van der Waals surface area (Å²) < 4.78 is 5.03. The second kappa shape index (κ2) is 6.70. The molecular weight excluding hydrogens is 280 g/mol. The lowest BCUT2D eigenvalue weighted by molar-refractivity contribution is -0.149. The van der Waals surface area contributed by atoms with Crippen molar-refractivity contribution in [3.63, 3.8) is 0 Å². The zero-order chi connectivity index (χ0) is 14.5. The summed E-state index contributed by atoms with van der Waals surface area (Å²) in [6.07, 6.45) is 3.07. The molecule has 0 radical (unpaired) electrons. The average Bonchev–Trinajstić information content (AvgIpc) is 2.47. The van der Waals surface area contributed by atoms with E-state index in [2.05, 4.69) is 4.98 Å². The Balaban J connectivity index is 2.05. The average molecular weight is 297 g/mol. The lowest BCUT2D eigenvalue weighted by Crippen LogP contribution is -2.42. The predicted molar refractivity (Wildman–Crippen MR) is 74.5 cm³/mol. The SMILES string of the molecule is CCOC(=O)[C@H]1CCCN(C(=O)c2ccnc(Cl)c2)C1. The standard InChI is InChI=1S/C14H17ClN2O3/c1-2-20-14(19)11-4-3-7-17(9-11)13(18)10-5-6-16-12(15)8-10/h5-6,8,11H,2-4,7,9H2,1H3/t11-/m0/s1. The van der Waals surface area contributed by atoms with E-state index in [-0.39, 0.29) is 22.9 Å². The number of carbonyl (C=O) groups is 2. The molecule has 1 atom stereocenters. The van der Waals surface area contributed by atoms with Gasteiger partial charge in [0.25, 0.3) is 5.91 Å². The van der Waals surface area contributed by atoms with Crippen molar-refractivity contribution < 1.29 is 14.3 Å². The largest absolute Gasteiger partial charge is 0.466 e. The van der Waals surface area contributed by atoms with Crippen LogP contribution < -0.4 is 0 Å². The number of carbonyl (C=O) groups excluding carboxylic acids is 2. The molecule has 5 nitrogen and oxygen atoms in total. The van der Waals surface area contributed by atoms with Crippen LogP contribution in [0.3, 0.4) is 0 Å². The van der Waals surface area contributed by atoms with Gasteiger partial charge in [0.2, 0.25) is 0 Å². The van der Waals surface area contributed by atoms with Crippen LogP contribution in [-0.4, -0.2) is 41.5 Å². The minimum atomic E-state index is -0.232. The third kappa shape index (κ3) is 3.48. The van der Waals surface area contributed by atoms with Crippen LogP contribution in [0.1, 0.15) is 30.1 Å². The van der Waals surface area contributed by atoms with E-state index in [9.17, 15) is 9.59 Å². The second-order valence-electron chi connectivity index (χ2n) is 4.71. The summed E-state index contributed by atoms with van der Waals surface area (Å²) in [6, 6.07) is 3.17. The summed E-state index contributed by atoms with van der Waals surface area (Å²) in [5.74, 6) is -0.578. The van der Waals surface area contributed by atoms with E-state index in [0.717, 1.165) is 12.8 Å².